The molecule has 2 nitrogen and oxygen atoms in total. The molecule has 1 saturated carbocycles. The minimum absolute atomic E-state index is 0.0867. The molecule has 0 bridgehead atoms. The normalized spacial score (nSPS) is 25.9. The maximum atomic E-state index is 9.83. The van der Waals surface area contributed by atoms with Crippen LogP contribution in [0.2, 0.25) is 0 Å². The Labute approximate surface area is 109 Å². The second kappa shape index (κ2) is 6.15. The quantitative estimate of drug-likeness (QED) is 0.895. The number of thiophene rings is 1. The summed E-state index contributed by atoms with van der Waals surface area (Å²) in [5, 5.41) is 15.4. The van der Waals surface area contributed by atoms with Gasteiger partial charge in [-0.05, 0) is 40.8 Å². The Morgan fingerprint density at radius 1 is 1.44 bits per heavy atom. The number of aliphatic hydroxyl groups excluding tert-OH is 1. The highest BCUT2D eigenvalue weighted by Gasteiger charge is 2.22. The zero-order valence-electron chi connectivity index (χ0n) is 9.29. The largest absolute Gasteiger partial charge is 0.393 e. The van der Waals surface area contributed by atoms with Gasteiger partial charge < -0.3 is 10.4 Å². The first-order chi connectivity index (χ1) is 7.75. The van der Waals surface area contributed by atoms with E-state index in [1.165, 1.54) is 24.1 Å². The minimum Gasteiger partial charge on any atom is -0.393 e. The van der Waals surface area contributed by atoms with Gasteiger partial charge in [0.1, 0.15) is 0 Å². The average molecular weight is 304 g/mol. The van der Waals surface area contributed by atoms with Crippen molar-refractivity contribution < 1.29 is 5.11 Å². The summed E-state index contributed by atoms with van der Waals surface area (Å²) in [5.74, 6) is 0.456. The van der Waals surface area contributed by atoms with Gasteiger partial charge >= 0.3 is 0 Å². The van der Waals surface area contributed by atoms with E-state index in [0.29, 0.717) is 5.92 Å². The van der Waals surface area contributed by atoms with Crippen molar-refractivity contribution in [3.8, 4) is 0 Å². The molecule has 90 valence electrons. The highest BCUT2D eigenvalue weighted by atomic mass is 79.9. The molecule has 1 aliphatic rings. The van der Waals surface area contributed by atoms with Gasteiger partial charge in [0.2, 0.25) is 0 Å². The molecule has 0 radical (unpaired) electrons. The third-order valence-corrected chi connectivity index (χ3v) is 4.89. The molecule has 0 amide bonds. The summed E-state index contributed by atoms with van der Waals surface area (Å²) in [7, 11) is 0. The van der Waals surface area contributed by atoms with Crippen molar-refractivity contribution in [1.82, 2.24) is 5.32 Å². The molecule has 0 aliphatic heterocycles. The molecule has 1 aliphatic carbocycles. The lowest BCUT2D eigenvalue weighted by Crippen LogP contribution is -2.33. The van der Waals surface area contributed by atoms with Crippen LogP contribution in [0.25, 0.3) is 0 Å². The second-order valence-electron chi connectivity index (χ2n) is 4.47. The van der Waals surface area contributed by atoms with Gasteiger partial charge in [0.15, 0.2) is 0 Å². The van der Waals surface area contributed by atoms with Gasteiger partial charge in [0.05, 0.1) is 6.10 Å². The zero-order valence-corrected chi connectivity index (χ0v) is 11.7. The SMILES string of the molecule is OC1CCCCC1CNCc1cc(Br)cs1. The van der Waals surface area contributed by atoms with Crippen molar-refractivity contribution in [3.63, 3.8) is 0 Å². The van der Waals surface area contributed by atoms with Crippen LogP contribution < -0.4 is 5.32 Å². The van der Waals surface area contributed by atoms with Crippen LogP contribution in [0, 0.1) is 5.92 Å². The third kappa shape index (κ3) is 3.55. The van der Waals surface area contributed by atoms with Gasteiger partial charge in [0.25, 0.3) is 0 Å². The van der Waals surface area contributed by atoms with E-state index in [4.69, 9.17) is 0 Å². The fourth-order valence-electron chi connectivity index (χ4n) is 2.25. The molecule has 0 spiro atoms. The van der Waals surface area contributed by atoms with E-state index in [1.54, 1.807) is 11.3 Å². The maximum absolute atomic E-state index is 9.83. The van der Waals surface area contributed by atoms with E-state index in [9.17, 15) is 5.11 Å². The maximum Gasteiger partial charge on any atom is 0.0580 e. The Morgan fingerprint density at radius 3 is 2.94 bits per heavy atom. The van der Waals surface area contributed by atoms with Gasteiger partial charge in [-0.1, -0.05) is 12.8 Å². The number of nitrogens with one attached hydrogen (secondary N) is 1. The smallest absolute Gasteiger partial charge is 0.0580 e. The van der Waals surface area contributed by atoms with Crippen molar-refractivity contribution in [2.24, 2.45) is 5.92 Å². The molecule has 1 aromatic heterocycles. The van der Waals surface area contributed by atoms with Crippen LogP contribution in [0.1, 0.15) is 30.6 Å². The Balaban J connectivity index is 1.71. The fraction of sp³-hybridized carbons (Fsp3) is 0.667. The summed E-state index contributed by atoms with van der Waals surface area (Å²) < 4.78 is 1.16. The summed E-state index contributed by atoms with van der Waals surface area (Å²) in [6, 6.07) is 2.15. The number of rotatable bonds is 4. The molecule has 2 unspecified atom stereocenters. The molecule has 0 aromatic carbocycles. The van der Waals surface area contributed by atoms with Crippen molar-refractivity contribution in [2.75, 3.05) is 6.54 Å². The van der Waals surface area contributed by atoms with E-state index in [-0.39, 0.29) is 6.10 Å². The van der Waals surface area contributed by atoms with Crippen LogP contribution in [-0.2, 0) is 6.54 Å². The predicted molar refractivity (Wildman–Crippen MR) is 71.7 cm³/mol. The molecule has 1 aromatic rings. The lowest BCUT2D eigenvalue weighted by Gasteiger charge is -2.27. The highest BCUT2D eigenvalue weighted by Crippen LogP contribution is 2.24. The first-order valence-corrected chi connectivity index (χ1v) is 7.54. The highest BCUT2D eigenvalue weighted by molar-refractivity contribution is 9.10. The first-order valence-electron chi connectivity index (χ1n) is 5.87. The van der Waals surface area contributed by atoms with E-state index in [2.05, 4.69) is 32.7 Å². The zero-order chi connectivity index (χ0) is 11.4. The van der Waals surface area contributed by atoms with Gasteiger partial charge in [0, 0.05) is 27.8 Å². The minimum atomic E-state index is -0.0867. The third-order valence-electron chi connectivity index (χ3n) is 3.20. The number of hydrogen-bond acceptors (Lipinski definition) is 3. The Bertz CT molecular complexity index is 329. The number of aliphatic hydroxyl groups is 1. The van der Waals surface area contributed by atoms with Gasteiger partial charge in [-0.3, -0.25) is 0 Å². The van der Waals surface area contributed by atoms with E-state index >= 15 is 0 Å². The van der Waals surface area contributed by atoms with Gasteiger partial charge in [-0.2, -0.15) is 0 Å². The Hall–Kier alpha value is 0.1000. The van der Waals surface area contributed by atoms with Crippen LogP contribution in [0.3, 0.4) is 0 Å². The van der Waals surface area contributed by atoms with Crippen molar-refractivity contribution in [3.05, 3.63) is 20.8 Å². The lowest BCUT2D eigenvalue weighted by atomic mass is 9.86. The summed E-state index contributed by atoms with van der Waals surface area (Å²) in [6.07, 6.45) is 4.53. The molecule has 2 N–H and O–H groups in total. The van der Waals surface area contributed by atoms with Crippen molar-refractivity contribution in [2.45, 2.75) is 38.3 Å². The summed E-state index contributed by atoms with van der Waals surface area (Å²) >= 11 is 5.22. The summed E-state index contributed by atoms with van der Waals surface area (Å²) in [4.78, 5) is 1.34. The second-order valence-corrected chi connectivity index (χ2v) is 6.39. The average Bonchev–Trinajstić information content (AvgIpc) is 2.67. The van der Waals surface area contributed by atoms with Crippen LogP contribution in [0.4, 0.5) is 0 Å². The van der Waals surface area contributed by atoms with Crippen LogP contribution in [0.15, 0.2) is 15.9 Å². The predicted octanol–water partition coefficient (Wildman–Crippen LogP) is 3.15. The number of halogens is 1. The Kier molecular flexibility index (Phi) is 4.82. The van der Waals surface area contributed by atoms with Crippen LogP contribution in [0.5, 0.6) is 0 Å². The molecular formula is C12H18BrNOS. The Morgan fingerprint density at radius 2 is 2.25 bits per heavy atom. The molecule has 2 rings (SSSR count). The monoisotopic (exact) mass is 303 g/mol. The van der Waals surface area contributed by atoms with E-state index in [1.807, 2.05) is 0 Å². The molecule has 1 fully saturated rings. The number of hydrogen-bond donors (Lipinski definition) is 2. The molecule has 1 heterocycles. The lowest BCUT2D eigenvalue weighted by molar-refractivity contribution is 0.0695. The van der Waals surface area contributed by atoms with Crippen LogP contribution >= 0.6 is 27.3 Å². The van der Waals surface area contributed by atoms with Crippen LogP contribution in [-0.4, -0.2) is 17.8 Å². The first kappa shape index (κ1) is 12.6. The fourth-order valence-corrected chi connectivity index (χ4v) is 3.67. The van der Waals surface area contributed by atoms with Gasteiger partial charge in [-0.15, -0.1) is 11.3 Å². The summed E-state index contributed by atoms with van der Waals surface area (Å²) in [6.45, 7) is 1.86. The molecular weight excluding hydrogens is 286 g/mol. The summed E-state index contributed by atoms with van der Waals surface area (Å²) in [5.41, 5.74) is 0. The van der Waals surface area contributed by atoms with E-state index in [0.717, 1.165) is 24.0 Å². The van der Waals surface area contributed by atoms with Crippen molar-refractivity contribution in [1.29, 1.82) is 0 Å². The molecule has 0 saturated heterocycles. The van der Waals surface area contributed by atoms with Gasteiger partial charge in [-0.25, -0.2) is 0 Å². The molecule has 2 atom stereocenters. The molecule has 4 heteroatoms. The van der Waals surface area contributed by atoms with Crippen molar-refractivity contribution >= 4 is 27.3 Å². The standard InChI is InChI=1S/C12H18BrNOS/c13-10-5-11(16-8-10)7-14-6-9-3-1-2-4-12(9)15/h5,8-9,12,14-15H,1-4,6-7H2. The van der Waals surface area contributed by atoms with E-state index < -0.39 is 0 Å². The topological polar surface area (TPSA) is 32.3 Å². The molecule has 16 heavy (non-hydrogen) atoms.